The first-order valence-corrected chi connectivity index (χ1v) is 11.0. The molecule has 0 aliphatic heterocycles. The smallest absolute Gasteiger partial charge is 0.326 e. The summed E-state index contributed by atoms with van der Waals surface area (Å²) in [4.78, 5) is 66.9. The molecule has 16 nitrogen and oxygen atoms in total. The molecule has 12 N–H and O–H groups in total. The quantitative estimate of drug-likeness (QED) is 0.0653. The maximum Gasteiger partial charge on any atom is 0.326 e. The van der Waals surface area contributed by atoms with Crippen LogP contribution in [-0.4, -0.2) is 85.9 Å². The molecule has 0 aromatic carbocycles. The van der Waals surface area contributed by atoms with Crippen molar-refractivity contribution in [2.75, 3.05) is 13.1 Å². The fraction of sp³-hybridized carbons (Fsp3) is 0.450. The largest absolute Gasteiger partial charge is 0.480 e. The Morgan fingerprint density at radius 2 is 1.47 bits per heavy atom. The van der Waals surface area contributed by atoms with Gasteiger partial charge in [0.05, 0.1) is 19.2 Å². The van der Waals surface area contributed by atoms with Crippen LogP contribution in [0.25, 0.3) is 0 Å². The predicted octanol–water partition coefficient (Wildman–Crippen LogP) is -3.53. The highest BCUT2D eigenvalue weighted by atomic mass is 16.4. The number of imidazole rings is 2. The molecule has 0 saturated carbocycles. The van der Waals surface area contributed by atoms with E-state index in [1.54, 1.807) is 0 Å². The number of H-pyrrole nitrogens is 2. The molecule has 196 valence electrons. The summed E-state index contributed by atoms with van der Waals surface area (Å²) < 4.78 is 0. The zero-order valence-electron chi connectivity index (χ0n) is 19.4. The first-order valence-electron chi connectivity index (χ1n) is 11.0. The second kappa shape index (κ2) is 14.1. The third-order valence-corrected chi connectivity index (χ3v) is 4.99. The van der Waals surface area contributed by atoms with E-state index in [9.17, 15) is 24.3 Å². The zero-order chi connectivity index (χ0) is 26.5. The number of aliphatic carboxylic acids is 1. The highest BCUT2D eigenvalue weighted by Crippen LogP contribution is 2.05. The van der Waals surface area contributed by atoms with Gasteiger partial charge in [0.1, 0.15) is 18.1 Å². The Bertz CT molecular complexity index is 1020. The molecule has 0 bridgehead atoms. The number of carboxylic acid groups (broad SMARTS) is 1. The number of rotatable bonds is 15. The average Bonchev–Trinajstić information content (AvgIpc) is 3.54. The van der Waals surface area contributed by atoms with Gasteiger partial charge in [-0.05, 0) is 12.8 Å². The van der Waals surface area contributed by atoms with E-state index in [-0.39, 0.29) is 38.3 Å². The Labute approximate surface area is 205 Å². The number of hydrogen-bond acceptors (Lipinski definition) is 8. The average molecular weight is 506 g/mol. The number of nitrogens with one attached hydrogen (secondary N) is 5. The number of amides is 3. The molecule has 2 rings (SSSR count). The van der Waals surface area contributed by atoms with E-state index in [4.69, 9.17) is 17.2 Å². The van der Waals surface area contributed by atoms with Gasteiger partial charge in [0.15, 0.2) is 5.96 Å². The first kappa shape index (κ1) is 27.8. The van der Waals surface area contributed by atoms with Crippen LogP contribution in [0.1, 0.15) is 24.2 Å². The van der Waals surface area contributed by atoms with Crippen molar-refractivity contribution in [2.24, 2.45) is 22.2 Å². The fourth-order valence-electron chi connectivity index (χ4n) is 3.21. The van der Waals surface area contributed by atoms with Crippen LogP contribution >= 0.6 is 0 Å². The molecule has 3 amide bonds. The van der Waals surface area contributed by atoms with Gasteiger partial charge in [-0.1, -0.05) is 0 Å². The molecule has 0 fully saturated rings. The lowest BCUT2D eigenvalue weighted by atomic mass is 10.1. The highest BCUT2D eigenvalue weighted by molar-refractivity contribution is 5.93. The topological polar surface area (TPSA) is 272 Å². The third-order valence-electron chi connectivity index (χ3n) is 4.99. The van der Waals surface area contributed by atoms with Gasteiger partial charge in [0.25, 0.3) is 0 Å². The van der Waals surface area contributed by atoms with Crippen LogP contribution in [0.2, 0.25) is 0 Å². The van der Waals surface area contributed by atoms with E-state index in [1.807, 2.05) is 0 Å². The summed E-state index contributed by atoms with van der Waals surface area (Å²) in [5, 5.41) is 17.1. The maximum atomic E-state index is 13.1. The lowest BCUT2D eigenvalue weighted by Crippen LogP contribution is -2.57. The highest BCUT2D eigenvalue weighted by Gasteiger charge is 2.30. The molecule has 3 atom stereocenters. The molecule has 2 aromatic heterocycles. The summed E-state index contributed by atoms with van der Waals surface area (Å²) in [6.45, 7) is -0.125. The van der Waals surface area contributed by atoms with Gasteiger partial charge in [-0.3, -0.25) is 19.4 Å². The molecule has 36 heavy (non-hydrogen) atoms. The van der Waals surface area contributed by atoms with E-state index in [1.165, 1.54) is 25.0 Å². The van der Waals surface area contributed by atoms with Crippen LogP contribution in [0.5, 0.6) is 0 Å². The van der Waals surface area contributed by atoms with Gasteiger partial charge >= 0.3 is 5.97 Å². The van der Waals surface area contributed by atoms with Crippen molar-refractivity contribution >= 4 is 29.7 Å². The van der Waals surface area contributed by atoms with Gasteiger partial charge in [-0.15, -0.1) is 0 Å². The van der Waals surface area contributed by atoms with Crippen molar-refractivity contribution in [1.82, 2.24) is 35.9 Å². The number of aliphatic imine (C=N–C) groups is 1. The van der Waals surface area contributed by atoms with Crippen LogP contribution in [0, 0.1) is 0 Å². The zero-order valence-corrected chi connectivity index (χ0v) is 19.4. The third kappa shape index (κ3) is 9.41. The van der Waals surface area contributed by atoms with Gasteiger partial charge in [0.2, 0.25) is 17.7 Å². The van der Waals surface area contributed by atoms with Crippen LogP contribution in [-0.2, 0) is 32.0 Å². The lowest BCUT2D eigenvalue weighted by molar-refractivity contribution is -0.142. The number of nitrogens with zero attached hydrogens (tertiary/aromatic N) is 3. The first-order chi connectivity index (χ1) is 17.2. The molecule has 0 saturated heterocycles. The summed E-state index contributed by atoms with van der Waals surface area (Å²) in [7, 11) is 0. The number of nitrogens with two attached hydrogens (primary N) is 3. The Morgan fingerprint density at radius 3 is 1.97 bits per heavy atom. The van der Waals surface area contributed by atoms with Crippen molar-refractivity contribution in [1.29, 1.82) is 0 Å². The number of guanidine groups is 1. The summed E-state index contributed by atoms with van der Waals surface area (Å²) in [5.41, 5.74) is 17.0. The van der Waals surface area contributed by atoms with Crippen LogP contribution in [0.3, 0.4) is 0 Å². The minimum atomic E-state index is -1.29. The summed E-state index contributed by atoms with van der Waals surface area (Å²) >= 11 is 0. The number of aromatic nitrogens is 4. The molecular formula is C20H31N11O5. The predicted molar refractivity (Wildman–Crippen MR) is 127 cm³/mol. The summed E-state index contributed by atoms with van der Waals surface area (Å²) in [6, 6.07) is -3.50. The minimum Gasteiger partial charge on any atom is -0.480 e. The molecule has 2 heterocycles. The van der Waals surface area contributed by atoms with E-state index < -0.39 is 41.8 Å². The SMILES string of the molecule is NCC(=O)NC(CCCN=C(N)N)C(=O)NC(Cc1cnc[nH]1)C(=O)NC(Cc1cnc[nH]1)C(=O)O. The van der Waals surface area contributed by atoms with Crippen LogP contribution in [0.15, 0.2) is 30.0 Å². The molecule has 0 spiro atoms. The Hall–Kier alpha value is -4.47. The van der Waals surface area contributed by atoms with Gasteiger partial charge < -0.3 is 48.2 Å². The second-order valence-electron chi connectivity index (χ2n) is 7.80. The lowest BCUT2D eigenvalue weighted by Gasteiger charge is -2.24. The number of carboxylic acids is 1. The standard InChI is InChI=1S/C20H31N11O5/c21-6-16(32)29-13(2-1-3-26-20(22)23)17(33)30-14(4-11-7-24-9-27-11)18(34)31-15(19(35)36)5-12-8-25-10-28-12/h7-10,13-15H,1-6,21H2,(H,24,27)(H,25,28)(H,29,32)(H,30,33)(H,31,34)(H,35,36)(H4,22,23,26). The van der Waals surface area contributed by atoms with Crippen molar-refractivity contribution in [3.05, 3.63) is 36.4 Å². The molecule has 0 aliphatic carbocycles. The number of carbonyl (C=O) groups is 4. The van der Waals surface area contributed by atoms with E-state index >= 15 is 0 Å². The molecule has 0 aliphatic rings. The Morgan fingerprint density at radius 1 is 0.917 bits per heavy atom. The van der Waals surface area contributed by atoms with E-state index in [2.05, 4.69) is 40.9 Å². The van der Waals surface area contributed by atoms with Crippen LogP contribution < -0.4 is 33.2 Å². The van der Waals surface area contributed by atoms with Crippen LogP contribution in [0.4, 0.5) is 0 Å². The molecule has 2 aromatic rings. The maximum absolute atomic E-state index is 13.1. The number of carbonyl (C=O) groups excluding carboxylic acids is 3. The van der Waals surface area contributed by atoms with Gasteiger partial charge in [0, 0.05) is 43.2 Å². The number of hydrogen-bond donors (Lipinski definition) is 9. The monoisotopic (exact) mass is 505 g/mol. The van der Waals surface area contributed by atoms with Crippen molar-refractivity contribution < 1.29 is 24.3 Å². The van der Waals surface area contributed by atoms with Gasteiger partial charge in [-0.25, -0.2) is 14.8 Å². The van der Waals surface area contributed by atoms with Gasteiger partial charge in [-0.2, -0.15) is 0 Å². The van der Waals surface area contributed by atoms with Crippen molar-refractivity contribution in [3.8, 4) is 0 Å². The van der Waals surface area contributed by atoms with E-state index in [0.717, 1.165) is 0 Å². The summed E-state index contributed by atoms with van der Waals surface area (Å²) in [6.07, 6.45) is 6.14. The fourth-order valence-corrected chi connectivity index (χ4v) is 3.21. The van der Waals surface area contributed by atoms with Crippen molar-refractivity contribution in [3.63, 3.8) is 0 Å². The molecule has 0 radical (unpaired) electrons. The second-order valence-corrected chi connectivity index (χ2v) is 7.80. The number of aromatic amines is 2. The molecule has 16 heteroatoms. The molecule has 3 unspecified atom stereocenters. The Balaban J connectivity index is 2.15. The summed E-state index contributed by atoms with van der Waals surface area (Å²) in [5.74, 6) is -3.35. The minimum absolute atomic E-state index is 0.0144. The Kier molecular flexibility index (Phi) is 10.8. The normalized spacial score (nSPS) is 13.1. The van der Waals surface area contributed by atoms with E-state index in [0.29, 0.717) is 17.8 Å². The molecular weight excluding hydrogens is 474 g/mol. The van der Waals surface area contributed by atoms with Crippen molar-refractivity contribution in [2.45, 2.75) is 43.8 Å².